The topological polar surface area (TPSA) is 32.3 Å². The Balaban J connectivity index is 2.21. The highest BCUT2D eigenvalue weighted by Gasteiger charge is 2.20. The van der Waals surface area contributed by atoms with E-state index in [9.17, 15) is 0 Å². The van der Waals surface area contributed by atoms with E-state index in [1.807, 2.05) is 11.3 Å². The van der Waals surface area contributed by atoms with Gasteiger partial charge in [-0.2, -0.15) is 0 Å². The molecule has 1 unspecified atom stereocenters. The first-order chi connectivity index (χ1) is 6.70. The third kappa shape index (κ3) is 1.85. The first-order valence-electron chi connectivity index (χ1n) is 5.16. The number of nitrogens with one attached hydrogen (secondary N) is 1. The van der Waals surface area contributed by atoms with Gasteiger partial charge in [0.1, 0.15) is 0 Å². The standard InChI is InChI=1S/C11H17NOS/c1-7(2)10-3-8-5-12-9(6-13)4-11(8)14-10/h3,7,9,12-13H,4-6H2,1-2H3. The van der Waals surface area contributed by atoms with Gasteiger partial charge in [-0.3, -0.25) is 0 Å². The number of aliphatic hydroxyl groups is 1. The number of fused-ring (bicyclic) bond motifs is 1. The van der Waals surface area contributed by atoms with Crippen molar-refractivity contribution in [3.63, 3.8) is 0 Å². The van der Waals surface area contributed by atoms with Crippen LogP contribution in [0.2, 0.25) is 0 Å². The Bertz CT molecular complexity index is 319. The van der Waals surface area contributed by atoms with Crippen LogP contribution in [0.1, 0.15) is 35.1 Å². The predicted octanol–water partition coefficient (Wildman–Crippen LogP) is 1.88. The molecule has 3 heteroatoms. The van der Waals surface area contributed by atoms with Crippen molar-refractivity contribution in [3.05, 3.63) is 21.4 Å². The third-order valence-electron chi connectivity index (χ3n) is 2.72. The van der Waals surface area contributed by atoms with Gasteiger partial charge in [0, 0.05) is 22.3 Å². The largest absolute Gasteiger partial charge is 0.395 e. The normalized spacial score (nSPS) is 21.3. The molecule has 0 aliphatic carbocycles. The van der Waals surface area contributed by atoms with Crippen molar-refractivity contribution in [1.29, 1.82) is 0 Å². The molecule has 1 aliphatic heterocycles. The Morgan fingerprint density at radius 1 is 1.64 bits per heavy atom. The Labute approximate surface area is 89.0 Å². The Morgan fingerprint density at radius 2 is 2.43 bits per heavy atom. The van der Waals surface area contributed by atoms with E-state index in [0.717, 1.165) is 13.0 Å². The molecular formula is C11H17NOS. The molecule has 0 fully saturated rings. The van der Waals surface area contributed by atoms with Crippen LogP contribution in [-0.2, 0) is 13.0 Å². The first kappa shape index (κ1) is 10.1. The lowest BCUT2D eigenvalue weighted by Gasteiger charge is -2.21. The lowest BCUT2D eigenvalue weighted by atomic mass is 10.0. The van der Waals surface area contributed by atoms with Crippen LogP contribution >= 0.6 is 11.3 Å². The highest BCUT2D eigenvalue weighted by atomic mass is 32.1. The van der Waals surface area contributed by atoms with Gasteiger partial charge in [-0.25, -0.2) is 0 Å². The summed E-state index contributed by atoms with van der Waals surface area (Å²) < 4.78 is 0. The molecule has 0 bridgehead atoms. The van der Waals surface area contributed by atoms with Gasteiger partial charge in [0.05, 0.1) is 6.61 Å². The maximum absolute atomic E-state index is 9.07. The summed E-state index contributed by atoms with van der Waals surface area (Å²) >= 11 is 1.91. The molecule has 1 aromatic rings. The molecule has 0 saturated carbocycles. The van der Waals surface area contributed by atoms with Gasteiger partial charge < -0.3 is 10.4 Å². The number of hydrogen-bond donors (Lipinski definition) is 2. The van der Waals surface area contributed by atoms with E-state index in [4.69, 9.17) is 5.11 Å². The minimum Gasteiger partial charge on any atom is -0.395 e. The van der Waals surface area contributed by atoms with Crippen LogP contribution in [0, 0.1) is 0 Å². The van der Waals surface area contributed by atoms with Crippen LogP contribution in [0.25, 0.3) is 0 Å². The van der Waals surface area contributed by atoms with Crippen LogP contribution in [0.4, 0.5) is 0 Å². The van der Waals surface area contributed by atoms with Gasteiger partial charge in [-0.1, -0.05) is 13.8 Å². The SMILES string of the molecule is CC(C)c1cc2c(s1)CC(CO)NC2. The van der Waals surface area contributed by atoms with Gasteiger partial charge >= 0.3 is 0 Å². The first-order valence-corrected chi connectivity index (χ1v) is 5.98. The second-order valence-corrected chi connectivity index (χ2v) is 5.38. The number of thiophene rings is 1. The van der Waals surface area contributed by atoms with Crippen LogP contribution in [0.15, 0.2) is 6.07 Å². The van der Waals surface area contributed by atoms with E-state index in [2.05, 4.69) is 25.2 Å². The summed E-state index contributed by atoms with van der Waals surface area (Å²) in [6, 6.07) is 2.58. The zero-order chi connectivity index (χ0) is 10.1. The molecule has 14 heavy (non-hydrogen) atoms. The highest BCUT2D eigenvalue weighted by Crippen LogP contribution is 2.31. The summed E-state index contributed by atoms with van der Waals surface area (Å²) in [5.74, 6) is 0.623. The average molecular weight is 211 g/mol. The monoisotopic (exact) mass is 211 g/mol. The highest BCUT2D eigenvalue weighted by molar-refractivity contribution is 7.12. The number of aliphatic hydroxyl groups excluding tert-OH is 1. The maximum atomic E-state index is 9.07. The molecule has 1 atom stereocenters. The molecule has 78 valence electrons. The fraction of sp³-hybridized carbons (Fsp3) is 0.636. The zero-order valence-corrected chi connectivity index (χ0v) is 9.53. The molecule has 1 aliphatic rings. The zero-order valence-electron chi connectivity index (χ0n) is 8.71. The second-order valence-electron chi connectivity index (χ2n) is 4.22. The molecule has 0 aromatic carbocycles. The Hall–Kier alpha value is -0.380. The van der Waals surface area contributed by atoms with E-state index in [1.54, 1.807) is 0 Å². The fourth-order valence-electron chi connectivity index (χ4n) is 1.78. The molecule has 2 rings (SSSR count). The van der Waals surface area contributed by atoms with Crippen LogP contribution in [0.3, 0.4) is 0 Å². The quantitative estimate of drug-likeness (QED) is 0.783. The van der Waals surface area contributed by atoms with Crippen LogP contribution < -0.4 is 5.32 Å². The smallest absolute Gasteiger partial charge is 0.0588 e. The van der Waals surface area contributed by atoms with Crippen molar-refractivity contribution < 1.29 is 5.11 Å². The Kier molecular flexibility index (Phi) is 2.91. The molecule has 1 aromatic heterocycles. The maximum Gasteiger partial charge on any atom is 0.0588 e. The lowest BCUT2D eigenvalue weighted by molar-refractivity contribution is 0.237. The second kappa shape index (κ2) is 4.01. The molecule has 0 radical (unpaired) electrons. The van der Waals surface area contributed by atoms with Crippen molar-refractivity contribution in [2.75, 3.05) is 6.61 Å². The van der Waals surface area contributed by atoms with E-state index in [0.29, 0.717) is 5.92 Å². The summed E-state index contributed by atoms with van der Waals surface area (Å²) in [5, 5.41) is 12.4. The van der Waals surface area contributed by atoms with Gasteiger partial charge in [-0.15, -0.1) is 11.3 Å². The van der Waals surface area contributed by atoms with Crippen LogP contribution in [0.5, 0.6) is 0 Å². The lowest BCUT2D eigenvalue weighted by Crippen LogP contribution is -2.37. The van der Waals surface area contributed by atoms with E-state index >= 15 is 0 Å². The minimum atomic E-state index is 0.244. The van der Waals surface area contributed by atoms with Gasteiger partial charge in [0.15, 0.2) is 0 Å². The van der Waals surface area contributed by atoms with Gasteiger partial charge in [0.2, 0.25) is 0 Å². The molecule has 0 spiro atoms. The molecule has 0 amide bonds. The average Bonchev–Trinajstić information content (AvgIpc) is 2.59. The molecule has 0 saturated heterocycles. The number of hydrogen-bond acceptors (Lipinski definition) is 3. The summed E-state index contributed by atoms with van der Waals surface area (Å²) in [5.41, 5.74) is 1.43. The van der Waals surface area contributed by atoms with Gasteiger partial charge in [-0.05, 0) is 24.0 Å². The summed E-state index contributed by atoms with van der Waals surface area (Å²) in [4.78, 5) is 2.93. The molecule has 2 heterocycles. The number of rotatable bonds is 2. The molecular weight excluding hydrogens is 194 g/mol. The van der Waals surface area contributed by atoms with E-state index in [-0.39, 0.29) is 12.6 Å². The summed E-state index contributed by atoms with van der Waals surface area (Å²) in [6.07, 6.45) is 0.989. The predicted molar refractivity (Wildman–Crippen MR) is 59.8 cm³/mol. The molecule has 2 nitrogen and oxygen atoms in total. The van der Waals surface area contributed by atoms with Crippen molar-refractivity contribution in [1.82, 2.24) is 5.32 Å². The third-order valence-corrected chi connectivity index (χ3v) is 4.22. The Morgan fingerprint density at radius 3 is 3.07 bits per heavy atom. The van der Waals surface area contributed by atoms with Crippen LogP contribution in [-0.4, -0.2) is 17.8 Å². The van der Waals surface area contributed by atoms with E-state index < -0.39 is 0 Å². The summed E-state index contributed by atoms with van der Waals surface area (Å²) in [6.45, 7) is 5.63. The molecule has 2 N–H and O–H groups in total. The summed E-state index contributed by atoms with van der Waals surface area (Å²) in [7, 11) is 0. The minimum absolute atomic E-state index is 0.244. The van der Waals surface area contributed by atoms with E-state index in [1.165, 1.54) is 15.3 Å². The van der Waals surface area contributed by atoms with Crippen molar-refractivity contribution >= 4 is 11.3 Å². The fourth-order valence-corrected chi connectivity index (χ4v) is 3.04. The van der Waals surface area contributed by atoms with Crippen molar-refractivity contribution in [2.24, 2.45) is 0 Å². The van der Waals surface area contributed by atoms with Crippen molar-refractivity contribution in [3.8, 4) is 0 Å². The van der Waals surface area contributed by atoms with Crippen molar-refractivity contribution in [2.45, 2.75) is 38.8 Å². The van der Waals surface area contributed by atoms with Gasteiger partial charge in [0.25, 0.3) is 0 Å².